The Hall–Kier alpha value is -3.17. The summed E-state index contributed by atoms with van der Waals surface area (Å²) in [5.41, 5.74) is 2.16. The molecular weight excluding hydrogens is 526 g/mol. The van der Waals surface area contributed by atoms with E-state index in [4.69, 9.17) is 35.9 Å². The predicted molar refractivity (Wildman–Crippen MR) is 114 cm³/mol. The first-order valence-corrected chi connectivity index (χ1v) is 10.0. The molecule has 0 atom stereocenters. The normalized spacial score (nSPS) is 12.9. The molecule has 0 aliphatic carbocycles. The van der Waals surface area contributed by atoms with Crippen LogP contribution in [0.15, 0.2) is 18.5 Å². The molecule has 0 radical (unpaired) electrons. The summed E-state index contributed by atoms with van der Waals surface area (Å²) < 4.78 is 73.2. The first kappa shape index (κ1) is 30.9. The van der Waals surface area contributed by atoms with Crippen LogP contribution in [0.2, 0.25) is 5.02 Å². The van der Waals surface area contributed by atoms with Gasteiger partial charge in [-0.2, -0.15) is 27.0 Å². The number of aromatic nitrogens is 2. The van der Waals surface area contributed by atoms with Gasteiger partial charge in [0.1, 0.15) is 12.1 Å². The SMILES string of the molecule is CC(F)(F)C=O.COc1ccc(Cl)c(CNc2ncnc3c2CN(OC)C3)c1F.O=C(O)C(F)(F)F. The molecule has 0 amide bonds. The Bertz CT molecular complexity index is 1050. The number of halogens is 7. The van der Waals surface area contributed by atoms with Gasteiger partial charge in [0.05, 0.1) is 33.0 Å². The molecular formula is C20H21ClF6N4O5. The zero-order valence-electron chi connectivity index (χ0n) is 19.0. The Morgan fingerprint density at radius 2 is 1.81 bits per heavy atom. The molecule has 2 aromatic rings. The number of carbonyl (C=O) groups is 2. The van der Waals surface area contributed by atoms with Gasteiger partial charge in [0, 0.05) is 29.6 Å². The minimum atomic E-state index is -5.08. The van der Waals surface area contributed by atoms with Crippen molar-refractivity contribution in [2.45, 2.75) is 38.7 Å². The van der Waals surface area contributed by atoms with Crippen LogP contribution >= 0.6 is 11.6 Å². The van der Waals surface area contributed by atoms with E-state index >= 15 is 0 Å². The summed E-state index contributed by atoms with van der Waals surface area (Å²) in [4.78, 5) is 31.7. The number of hydroxylamine groups is 2. The maximum atomic E-state index is 14.3. The number of alkyl halides is 5. The highest BCUT2D eigenvalue weighted by atomic mass is 35.5. The Balaban J connectivity index is 0.000000413. The fourth-order valence-electron chi connectivity index (χ4n) is 2.50. The highest BCUT2D eigenvalue weighted by molar-refractivity contribution is 6.31. The van der Waals surface area contributed by atoms with Gasteiger partial charge in [0.15, 0.2) is 17.9 Å². The molecule has 36 heavy (non-hydrogen) atoms. The van der Waals surface area contributed by atoms with Crippen molar-refractivity contribution < 1.29 is 50.6 Å². The van der Waals surface area contributed by atoms with E-state index in [1.165, 1.54) is 19.5 Å². The number of nitrogens with one attached hydrogen (secondary N) is 1. The van der Waals surface area contributed by atoms with Crippen LogP contribution in [0, 0.1) is 5.82 Å². The van der Waals surface area contributed by atoms with Crippen molar-refractivity contribution in [2.24, 2.45) is 0 Å². The van der Waals surface area contributed by atoms with Crippen molar-refractivity contribution in [2.75, 3.05) is 19.5 Å². The van der Waals surface area contributed by atoms with E-state index in [0.29, 0.717) is 36.4 Å². The fourth-order valence-corrected chi connectivity index (χ4v) is 2.71. The van der Waals surface area contributed by atoms with Crippen LogP contribution in [0.5, 0.6) is 5.75 Å². The summed E-state index contributed by atoms with van der Waals surface area (Å²) in [7, 11) is 3.03. The summed E-state index contributed by atoms with van der Waals surface area (Å²) in [6.45, 7) is 1.90. The molecule has 1 aliphatic rings. The molecule has 1 aromatic heterocycles. The van der Waals surface area contributed by atoms with Crippen LogP contribution in [0.1, 0.15) is 23.7 Å². The average molecular weight is 547 g/mol. The molecule has 2 N–H and O–H groups in total. The Kier molecular flexibility index (Phi) is 11.3. The lowest BCUT2D eigenvalue weighted by Gasteiger charge is -2.13. The van der Waals surface area contributed by atoms with Gasteiger partial charge >= 0.3 is 12.1 Å². The lowest BCUT2D eigenvalue weighted by molar-refractivity contribution is -0.192. The van der Waals surface area contributed by atoms with Crippen LogP contribution < -0.4 is 10.1 Å². The second-order valence-electron chi connectivity index (χ2n) is 6.90. The monoisotopic (exact) mass is 546 g/mol. The second kappa shape index (κ2) is 13.2. The van der Waals surface area contributed by atoms with Crippen LogP contribution in [-0.4, -0.2) is 58.7 Å². The zero-order valence-corrected chi connectivity index (χ0v) is 19.8. The number of nitrogens with zero attached hydrogens (tertiary/aromatic N) is 3. The van der Waals surface area contributed by atoms with Crippen molar-refractivity contribution in [1.82, 2.24) is 15.0 Å². The van der Waals surface area contributed by atoms with Crippen molar-refractivity contribution in [3.63, 3.8) is 0 Å². The van der Waals surface area contributed by atoms with Crippen molar-refractivity contribution in [3.05, 3.63) is 46.1 Å². The van der Waals surface area contributed by atoms with E-state index in [1.54, 1.807) is 18.2 Å². The molecule has 0 saturated carbocycles. The van der Waals surface area contributed by atoms with Crippen LogP contribution in [0.4, 0.5) is 32.2 Å². The van der Waals surface area contributed by atoms with Gasteiger partial charge in [0.25, 0.3) is 5.92 Å². The molecule has 16 heteroatoms. The van der Waals surface area contributed by atoms with Crippen molar-refractivity contribution in [1.29, 1.82) is 0 Å². The first-order chi connectivity index (χ1) is 16.6. The standard InChI is InChI=1S/C15H16ClFN4O2.C3H4F2O.C2HF3O2/c1-22-13-4-3-11(16)9(14(13)17)5-18-15-10-6-21(23-2)7-12(10)19-8-20-15;1-3(4,5)2-6;3-2(4,5)1(6)7/h3-4,8H,5-7H2,1-2H3,(H,18,19,20);2H,1H3;(H,6,7). The number of fused-ring (bicyclic) bond motifs is 1. The second-order valence-corrected chi connectivity index (χ2v) is 7.31. The fraction of sp³-hybridized carbons (Fsp3) is 0.400. The van der Waals surface area contributed by atoms with Gasteiger partial charge in [-0.15, -0.1) is 0 Å². The van der Waals surface area contributed by atoms with E-state index in [2.05, 4.69) is 15.3 Å². The number of aldehydes is 1. The molecule has 3 rings (SSSR count). The molecule has 0 bridgehead atoms. The maximum Gasteiger partial charge on any atom is 0.490 e. The molecule has 0 fully saturated rings. The largest absolute Gasteiger partial charge is 0.494 e. The van der Waals surface area contributed by atoms with E-state index in [-0.39, 0.29) is 12.3 Å². The highest BCUT2D eigenvalue weighted by Gasteiger charge is 2.38. The summed E-state index contributed by atoms with van der Waals surface area (Å²) >= 11 is 6.09. The minimum Gasteiger partial charge on any atom is -0.494 e. The molecule has 200 valence electrons. The molecule has 1 aliphatic heterocycles. The predicted octanol–water partition coefficient (Wildman–Crippen LogP) is 4.24. The third kappa shape index (κ3) is 9.47. The number of carbonyl (C=O) groups excluding carboxylic acids is 1. The minimum absolute atomic E-state index is 0.157. The number of carboxylic acids is 1. The van der Waals surface area contributed by atoms with Gasteiger partial charge in [-0.25, -0.2) is 19.2 Å². The number of aliphatic carboxylic acids is 1. The summed E-state index contributed by atoms with van der Waals surface area (Å²) in [6, 6.07) is 3.11. The van der Waals surface area contributed by atoms with E-state index in [9.17, 15) is 26.3 Å². The number of hydrogen-bond donors (Lipinski definition) is 2. The van der Waals surface area contributed by atoms with Gasteiger partial charge in [-0.1, -0.05) is 11.6 Å². The molecule has 2 heterocycles. The van der Waals surface area contributed by atoms with E-state index < -0.39 is 30.2 Å². The molecule has 0 saturated heterocycles. The molecule has 0 spiro atoms. The maximum absolute atomic E-state index is 14.3. The Morgan fingerprint density at radius 3 is 2.28 bits per heavy atom. The molecule has 1 aromatic carbocycles. The third-order valence-corrected chi connectivity index (χ3v) is 4.56. The average Bonchev–Trinajstić information content (AvgIpc) is 3.23. The Morgan fingerprint density at radius 1 is 1.22 bits per heavy atom. The lowest BCUT2D eigenvalue weighted by Crippen LogP contribution is -2.21. The number of hydrogen-bond acceptors (Lipinski definition) is 8. The summed E-state index contributed by atoms with van der Waals surface area (Å²) in [6.07, 6.45) is -4.00. The summed E-state index contributed by atoms with van der Waals surface area (Å²) in [5.74, 6) is -5.57. The van der Waals surface area contributed by atoms with Crippen molar-refractivity contribution in [3.8, 4) is 5.75 Å². The number of methoxy groups -OCH3 is 1. The van der Waals surface area contributed by atoms with Crippen LogP contribution in [0.3, 0.4) is 0 Å². The number of ether oxygens (including phenoxy) is 1. The number of benzene rings is 1. The summed E-state index contributed by atoms with van der Waals surface area (Å²) in [5, 5.41) is 12.4. The Labute approximate surface area is 205 Å². The topological polar surface area (TPSA) is 114 Å². The quantitative estimate of drug-likeness (QED) is 0.405. The number of anilines is 1. The lowest BCUT2D eigenvalue weighted by atomic mass is 10.2. The van der Waals surface area contributed by atoms with Crippen molar-refractivity contribution >= 4 is 29.7 Å². The van der Waals surface area contributed by atoms with Gasteiger partial charge in [0.2, 0.25) is 0 Å². The van der Waals surface area contributed by atoms with E-state index in [1.807, 2.05) is 0 Å². The highest BCUT2D eigenvalue weighted by Crippen LogP contribution is 2.30. The van der Waals surface area contributed by atoms with Gasteiger partial charge < -0.3 is 20.0 Å². The molecule has 0 unspecified atom stereocenters. The van der Waals surface area contributed by atoms with Crippen LogP contribution in [-0.2, 0) is 34.1 Å². The smallest absolute Gasteiger partial charge is 0.490 e. The number of rotatable bonds is 6. The third-order valence-electron chi connectivity index (χ3n) is 4.21. The zero-order chi connectivity index (χ0) is 27.7. The van der Waals surface area contributed by atoms with Crippen LogP contribution in [0.25, 0.3) is 0 Å². The first-order valence-electron chi connectivity index (χ1n) is 9.65. The molecule has 9 nitrogen and oxygen atoms in total. The van der Waals surface area contributed by atoms with Gasteiger partial charge in [-0.05, 0) is 12.1 Å². The number of carboxylic acid groups (broad SMARTS) is 1. The van der Waals surface area contributed by atoms with E-state index in [0.717, 1.165) is 11.3 Å². The van der Waals surface area contributed by atoms with Gasteiger partial charge in [-0.3, -0.25) is 4.79 Å².